The second kappa shape index (κ2) is 9.50. The van der Waals surface area contributed by atoms with Gasteiger partial charge in [-0.25, -0.2) is 4.39 Å². The van der Waals surface area contributed by atoms with Crippen LogP contribution in [0.4, 0.5) is 4.39 Å². The molecule has 2 N–H and O–H groups in total. The molecule has 0 saturated heterocycles. The molecule has 0 radical (unpaired) electrons. The predicted octanol–water partition coefficient (Wildman–Crippen LogP) is 2.51. The number of guanidine groups is 1. The van der Waals surface area contributed by atoms with Gasteiger partial charge in [0.2, 0.25) is 0 Å². The Morgan fingerprint density at radius 2 is 1.91 bits per heavy atom. The largest absolute Gasteiger partial charge is 0.357 e. The fourth-order valence-corrected chi connectivity index (χ4v) is 2.56. The van der Waals surface area contributed by atoms with Crippen LogP contribution in [-0.4, -0.2) is 51.1 Å². The van der Waals surface area contributed by atoms with Gasteiger partial charge in [0.05, 0.1) is 0 Å². The first-order valence-corrected chi connectivity index (χ1v) is 8.24. The molecule has 0 aliphatic carbocycles. The highest BCUT2D eigenvalue weighted by atomic mass is 19.1. The van der Waals surface area contributed by atoms with Crippen LogP contribution in [0.2, 0.25) is 0 Å². The van der Waals surface area contributed by atoms with Gasteiger partial charge in [-0.05, 0) is 44.5 Å². The molecule has 4 nitrogen and oxygen atoms in total. The van der Waals surface area contributed by atoms with Crippen LogP contribution in [-0.2, 0) is 6.42 Å². The van der Waals surface area contributed by atoms with E-state index in [-0.39, 0.29) is 11.2 Å². The van der Waals surface area contributed by atoms with Gasteiger partial charge in [-0.15, -0.1) is 0 Å². The zero-order valence-corrected chi connectivity index (χ0v) is 15.1. The molecule has 0 saturated carbocycles. The summed E-state index contributed by atoms with van der Waals surface area (Å²) in [6.45, 7) is 9.63. The molecule has 0 aromatic heterocycles. The van der Waals surface area contributed by atoms with Crippen molar-refractivity contribution in [3.63, 3.8) is 0 Å². The number of rotatable bonds is 8. The van der Waals surface area contributed by atoms with Gasteiger partial charge in [-0.2, -0.15) is 0 Å². The maximum Gasteiger partial charge on any atom is 0.191 e. The standard InChI is InChI=1S/C18H31FN4/c1-6-20-17(22-13-18(2,3)14-23(4)5)21-12-11-15-9-7-8-10-16(15)19/h7-10H,6,11-14H2,1-5H3,(H2,20,21,22). The Morgan fingerprint density at radius 3 is 2.52 bits per heavy atom. The molecule has 0 aliphatic rings. The molecule has 1 rings (SSSR count). The van der Waals surface area contributed by atoms with Gasteiger partial charge in [-0.1, -0.05) is 32.0 Å². The van der Waals surface area contributed by atoms with Crippen LogP contribution in [0.5, 0.6) is 0 Å². The maximum absolute atomic E-state index is 13.6. The first kappa shape index (κ1) is 19.4. The van der Waals surface area contributed by atoms with Crippen LogP contribution in [0.25, 0.3) is 0 Å². The summed E-state index contributed by atoms with van der Waals surface area (Å²) in [5.41, 5.74) is 0.834. The van der Waals surface area contributed by atoms with E-state index in [9.17, 15) is 4.39 Å². The van der Waals surface area contributed by atoms with Crippen LogP contribution < -0.4 is 10.6 Å². The quantitative estimate of drug-likeness (QED) is 0.571. The third-order valence-electron chi connectivity index (χ3n) is 3.40. The summed E-state index contributed by atoms with van der Waals surface area (Å²) in [6.07, 6.45) is 0.637. The molecule has 130 valence electrons. The van der Waals surface area contributed by atoms with E-state index in [1.807, 2.05) is 19.1 Å². The Labute approximate surface area is 140 Å². The highest BCUT2D eigenvalue weighted by Crippen LogP contribution is 2.16. The first-order valence-electron chi connectivity index (χ1n) is 8.24. The molecule has 23 heavy (non-hydrogen) atoms. The van der Waals surface area contributed by atoms with Crippen molar-refractivity contribution in [1.29, 1.82) is 0 Å². The Morgan fingerprint density at radius 1 is 1.22 bits per heavy atom. The highest BCUT2D eigenvalue weighted by Gasteiger charge is 2.18. The van der Waals surface area contributed by atoms with Gasteiger partial charge >= 0.3 is 0 Å². The Bertz CT molecular complexity index is 498. The smallest absolute Gasteiger partial charge is 0.191 e. The molecule has 0 spiro atoms. The number of nitrogens with zero attached hydrogens (tertiary/aromatic N) is 2. The van der Waals surface area contributed by atoms with Crippen LogP contribution in [0, 0.1) is 11.2 Å². The fourth-order valence-electron chi connectivity index (χ4n) is 2.56. The number of benzene rings is 1. The molecule has 0 aliphatic heterocycles. The number of hydrogen-bond donors (Lipinski definition) is 2. The van der Waals surface area contributed by atoms with E-state index in [1.54, 1.807) is 6.07 Å². The summed E-state index contributed by atoms with van der Waals surface area (Å²) < 4.78 is 13.6. The Balaban J connectivity index is 2.54. The molecule has 0 unspecified atom stereocenters. The summed E-state index contributed by atoms with van der Waals surface area (Å²) >= 11 is 0. The lowest BCUT2D eigenvalue weighted by Crippen LogP contribution is -2.40. The summed E-state index contributed by atoms with van der Waals surface area (Å²) in [5, 5.41) is 6.52. The summed E-state index contributed by atoms with van der Waals surface area (Å²) in [7, 11) is 4.15. The van der Waals surface area contributed by atoms with Gasteiger partial charge in [0.25, 0.3) is 0 Å². The predicted molar refractivity (Wildman–Crippen MR) is 96.4 cm³/mol. The molecule has 0 bridgehead atoms. The molecule has 1 aromatic carbocycles. The highest BCUT2D eigenvalue weighted by molar-refractivity contribution is 5.79. The van der Waals surface area contributed by atoms with E-state index in [1.165, 1.54) is 6.07 Å². The fraction of sp³-hybridized carbons (Fsp3) is 0.611. The van der Waals surface area contributed by atoms with E-state index in [0.717, 1.165) is 31.2 Å². The molecule has 1 aromatic rings. The lowest BCUT2D eigenvalue weighted by Gasteiger charge is -2.26. The molecule has 0 amide bonds. The van der Waals surface area contributed by atoms with Crippen molar-refractivity contribution >= 4 is 5.96 Å². The minimum Gasteiger partial charge on any atom is -0.357 e. The maximum atomic E-state index is 13.6. The van der Waals surface area contributed by atoms with Gasteiger partial charge in [0, 0.05) is 26.2 Å². The van der Waals surface area contributed by atoms with Crippen molar-refractivity contribution in [2.45, 2.75) is 27.2 Å². The van der Waals surface area contributed by atoms with E-state index < -0.39 is 0 Å². The van der Waals surface area contributed by atoms with Crippen molar-refractivity contribution in [3.8, 4) is 0 Å². The Kier molecular flexibility index (Phi) is 8.03. The van der Waals surface area contributed by atoms with Crippen LogP contribution in [0.1, 0.15) is 26.3 Å². The molecule has 0 atom stereocenters. The molecular weight excluding hydrogens is 291 g/mol. The normalized spacial score (nSPS) is 12.6. The van der Waals surface area contributed by atoms with Crippen molar-refractivity contribution in [1.82, 2.24) is 15.5 Å². The third kappa shape index (κ3) is 7.98. The van der Waals surface area contributed by atoms with Crippen LogP contribution >= 0.6 is 0 Å². The van der Waals surface area contributed by atoms with Crippen molar-refractivity contribution < 1.29 is 4.39 Å². The molecule has 0 heterocycles. The number of nitrogens with one attached hydrogen (secondary N) is 2. The zero-order chi connectivity index (χ0) is 17.3. The lowest BCUT2D eigenvalue weighted by molar-refractivity contribution is 0.248. The monoisotopic (exact) mass is 322 g/mol. The first-order chi connectivity index (χ1) is 10.8. The van der Waals surface area contributed by atoms with Gasteiger partial charge in [0.15, 0.2) is 5.96 Å². The van der Waals surface area contributed by atoms with Gasteiger partial charge < -0.3 is 15.5 Å². The van der Waals surface area contributed by atoms with Crippen LogP contribution in [0.3, 0.4) is 0 Å². The average molecular weight is 322 g/mol. The summed E-state index contributed by atoms with van der Waals surface area (Å²) in [5.74, 6) is 0.638. The topological polar surface area (TPSA) is 39.7 Å². The Hall–Kier alpha value is -1.62. The molecular formula is C18H31FN4. The average Bonchev–Trinajstić information content (AvgIpc) is 2.45. The lowest BCUT2D eigenvalue weighted by atomic mass is 9.93. The summed E-state index contributed by atoms with van der Waals surface area (Å²) in [6, 6.07) is 6.89. The number of halogens is 1. The number of aliphatic imine (C=N–C) groups is 1. The van der Waals surface area contributed by atoms with E-state index >= 15 is 0 Å². The van der Waals surface area contributed by atoms with E-state index in [2.05, 4.69) is 48.5 Å². The van der Waals surface area contributed by atoms with Gasteiger partial charge in [-0.3, -0.25) is 4.99 Å². The number of hydrogen-bond acceptors (Lipinski definition) is 2. The molecule has 5 heteroatoms. The SMILES string of the molecule is CCNC(=NCC(C)(C)CN(C)C)NCCc1ccccc1F. The zero-order valence-electron chi connectivity index (χ0n) is 15.1. The minimum atomic E-state index is -0.150. The van der Waals surface area contributed by atoms with Crippen molar-refractivity contribution in [2.75, 3.05) is 40.3 Å². The second-order valence-electron chi connectivity index (χ2n) is 6.87. The summed E-state index contributed by atoms with van der Waals surface area (Å²) in [4.78, 5) is 6.84. The second-order valence-corrected chi connectivity index (χ2v) is 6.87. The third-order valence-corrected chi connectivity index (χ3v) is 3.40. The van der Waals surface area contributed by atoms with E-state index in [0.29, 0.717) is 13.0 Å². The van der Waals surface area contributed by atoms with Gasteiger partial charge in [0.1, 0.15) is 5.82 Å². The minimum absolute atomic E-state index is 0.109. The molecule has 0 fully saturated rings. The van der Waals surface area contributed by atoms with Crippen molar-refractivity contribution in [3.05, 3.63) is 35.6 Å². The van der Waals surface area contributed by atoms with Crippen LogP contribution in [0.15, 0.2) is 29.3 Å². The van der Waals surface area contributed by atoms with Crippen molar-refractivity contribution in [2.24, 2.45) is 10.4 Å². The van der Waals surface area contributed by atoms with E-state index in [4.69, 9.17) is 0 Å².